The molecule has 0 aromatic rings. The van der Waals surface area contributed by atoms with E-state index in [2.05, 4.69) is 41.6 Å². The van der Waals surface area contributed by atoms with Gasteiger partial charge in [-0.15, -0.1) is 0 Å². The van der Waals surface area contributed by atoms with E-state index >= 15 is 0 Å². The number of rotatable bonds is 8. The van der Waals surface area contributed by atoms with Gasteiger partial charge < -0.3 is 5.11 Å². The van der Waals surface area contributed by atoms with Gasteiger partial charge in [0, 0.05) is 19.3 Å². The van der Waals surface area contributed by atoms with Crippen LogP contribution in [0.5, 0.6) is 0 Å². The fourth-order valence-electron chi connectivity index (χ4n) is 1.49. The summed E-state index contributed by atoms with van der Waals surface area (Å²) in [5.41, 5.74) is 0. The summed E-state index contributed by atoms with van der Waals surface area (Å²) in [7, 11) is 0. The van der Waals surface area contributed by atoms with Crippen molar-refractivity contribution >= 4 is 0 Å². The largest absolute Gasteiger partial charge is 0.378 e. The Balaban J connectivity index is 3.54. The predicted octanol–water partition coefficient (Wildman–Crippen LogP) is 2.92. The molecule has 3 nitrogen and oxygen atoms in total. The van der Waals surface area contributed by atoms with E-state index in [9.17, 15) is 0 Å². The molecule has 0 radical (unpaired) electrons. The summed E-state index contributed by atoms with van der Waals surface area (Å²) in [6, 6.07) is 3.90. The van der Waals surface area contributed by atoms with Crippen LogP contribution in [0.4, 0.5) is 0 Å². The van der Waals surface area contributed by atoms with Crippen molar-refractivity contribution in [2.75, 3.05) is 0 Å². The molecule has 0 saturated carbocycles. The molecule has 0 aromatic heterocycles. The molecule has 0 bridgehead atoms. The Bertz CT molecular complexity index is 532. The van der Waals surface area contributed by atoms with Crippen LogP contribution in [0.3, 0.4) is 0 Å². The molecule has 1 atom stereocenters. The van der Waals surface area contributed by atoms with Gasteiger partial charge in [0.25, 0.3) is 0 Å². The lowest BCUT2D eigenvalue weighted by Crippen LogP contribution is -2.01. The van der Waals surface area contributed by atoms with Gasteiger partial charge in [-0.2, -0.15) is 10.5 Å². The molecule has 1 unspecified atom stereocenters. The zero-order valence-electron chi connectivity index (χ0n) is 12.3. The molecule has 0 aliphatic carbocycles. The highest BCUT2D eigenvalue weighted by molar-refractivity contribution is 5.35. The van der Waals surface area contributed by atoms with E-state index in [1.807, 2.05) is 0 Å². The van der Waals surface area contributed by atoms with Crippen LogP contribution in [0.25, 0.3) is 0 Å². The standard InChI is InChI=1S/C18H20N2O/c19-16-14-12-10-8-6-4-2-1-3-5-7-9-11-13-15-18(21)17-20/h18,21H,7-15H2. The first-order chi connectivity index (χ1) is 10.3. The maximum Gasteiger partial charge on any atom is 0.140 e. The molecule has 21 heavy (non-hydrogen) atoms. The van der Waals surface area contributed by atoms with Crippen LogP contribution in [-0.2, 0) is 0 Å². The van der Waals surface area contributed by atoms with Crippen LogP contribution in [0.2, 0.25) is 0 Å². The second-order valence-electron chi connectivity index (χ2n) is 4.46. The van der Waals surface area contributed by atoms with Crippen molar-refractivity contribution in [2.24, 2.45) is 0 Å². The molecular weight excluding hydrogens is 260 g/mol. The number of hydrogen-bond donors (Lipinski definition) is 1. The molecule has 0 amide bonds. The minimum Gasteiger partial charge on any atom is -0.378 e. The maximum atomic E-state index is 9.03. The van der Waals surface area contributed by atoms with Gasteiger partial charge >= 0.3 is 0 Å². The van der Waals surface area contributed by atoms with Crippen LogP contribution >= 0.6 is 0 Å². The minimum atomic E-state index is -0.833. The molecule has 0 saturated heterocycles. The summed E-state index contributed by atoms with van der Waals surface area (Å²) in [6.07, 6.45) is 6.44. The highest BCUT2D eigenvalue weighted by atomic mass is 16.3. The third-order valence-electron chi connectivity index (χ3n) is 2.63. The summed E-state index contributed by atoms with van der Waals surface area (Å²) >= 11 is 0. The topological polar surface area (TPSA) is 67.8 Å². The average Bonchev–Trinajstić information content (AvgIpc) is 2.50. The first kappa shape index (κ1) is 18.6. The number of nitriles is 2. The van der Waals surface area contributed by atoms with Crippen molar-refractivity contribution in [3.05, 3.63) is 0 Å². The van der Waals surface area contributed by atoms with Crippen LogP contribution in [0, 0.1) is 58.2 Å². The van der Waals surface area contributed by atoms with Crippen LogP contribution < -0.4 is 0 Å². The lowest BCUT2D eigenvalue weighted by atomic mass is 10.1. The third-order valence-corrected chi connectivity index (χ3v) is 2.63. The maximum absolute atomic E-state index is 9.03. The minimum absolute atomic E-state index is 0.535. The highest BCUT2D eigenvalue weighted by Gasteiger charge is 1.99. The molecule has 0 heterocycles. The molecule has 0 spiro atoms. The van der Waals surface area contributed by atoms with Gasteiger partial charge in [-0.05, 0) is 55.8 Å². The lowest BCUT2D eigenvalue weighted by Gasteiger charge is -1.99. The van der Waals surface area contributed by atoms with Gasteiger partial charge in [-0.25, -0.2) is 0 Å². The van der Waals surface area contributed by atoms with Crippen molar-refractivity contribution in [1.29, 1.82) is 10.5 Å². The normalized spacial score (nSPS) is 9.48. The van der Waals surface area contributed by atoms with E-state index in [0.29, 0.717) is 12.8 Å². The molecule has 0 aliphatic rings. The first-order valence-electron chi connectivity index (χ1n) is 7.21. The van der Waals surface area contributed by atoms with Crippen LogP contribution in [0.15, 0.2) is 0 Å². The lowest BCUT2D eigenvalue weighted by molar-refractivity contribution is 0.215. The Morgan fingerprint density at radius 3 is 1.86 bits per heavy atom. The van der Waals surface area contributed by atoms with E-state index in [1.165, 1.54) is 0 Å². The molecular formula is C18H20N2O. The van der Waals surface area contributed by atoms with E-state index < -0.39 is 6.10 Å². The Kier molecular flexibility index (Phi) is 13.9. The van der Waals surface area contributed by atoms with Gasteiger partial charge in [-0.3, -0.25) is 0 Å². The van der Waals surface area contributed by atoms with E-state index in [-0.39, 0.29) is 0 Å². The van der Waals surface area contributed by atoms with Gasteiger partial charge in [0.15, 0.2) is 0 Å². The molecule has 0 rings (SSSR count). The number of aliphatic hydroxyl groups excluding tert-OH is 1. The smallest absolute Gasteiger partial charge is 0.140 e. The summed E-state index contributed by atoms with van der Waals surface area (Å²) in [5, 5.41) is 25.8. The predicted molar refractivity (Wildman–Crippen MR) is 82.1 cm³/mol. The van der Waals surface area contributed by atoms with Gasteiger partial charge in [0.2, 0.25) is 0 Å². The summed E-state index contributed by atoms with van der Waals surface area (Å²) in [4.78, 5) is 0. The van der Waals surface area contributed by atoms with E-state index in [1.54, 1.807) is 6.07 Å². The number of unbranched alkanes of at least 4 members (excludes halogenated alkanes) is 6. The van der Waals surface area contributed by atoms with Crippen LogP contribution in [-0.4, -0.2) is 11.2 Å². The van der Waals surface area contributed by atoms with Crippen LogP contribution in [0.1, 0.15) is 57.8 Å². The van der Waals surface area contributed by atoms with Gasteiger partial charge in [0.1, 0.15) is 6.10 Å². The van der Waals surface area contributed by atoms with Gasteiger partial charge in [-0.1, -0.05) is 18.3 Å². The quantitative estimate of drug-likeness (QED) is 0.422. The molecule has 0 aliphatic heterocycles. The molecule has 1 N–H and O–H groups in total. The first-order valence-corrected chi connectivity index (χ1v) is 7.21. The fourth-order valence-corrected chi connectivity index (χ4v) is 1.49. The van der Waals surface area contributed by atoms with Crippen molar-refractivity contribution in [2.45, 2.75) is 63.9 Å². The monoisotopic (exact) mass is 280 g/mol. The van der Waals surface area contributed by atoms with Gasteiger partial charge in [0.05, 0.1) is 12.1 Å². The van der Waals surface area contributed by atoms with Crippen molar-refractivity contribution in [1.82, 2.24) is 0 Å². The molecule has 0 fully saturated rings. The van der Waals surface area contributed by atoms with Crippen molar-refractivity contribution in [3.63, 3.8) is 0 Å². The Morgan fingerprint density at radius 2 is 1.29 bits per heavy atom. The highest BCUT2D eigenvalue weighted by Crippen LogP contribution is 2.04. The van der Waals surface area contributed by atoms with E-state index in [0.717, 1.165) is 44.9 Å². The Labute approximate surface area is 128 Å². The number of nitrogens with zero attached hydrogens (tertiary/aromatic N) is 2. The third kappa shape index (κ3) is 15.6. The fraction of sp³-hybridized carbons (Fsp3) is 0.556. The zero-order chi connectivity index (χ0) is 15.6. The summed E-state index contributed by atoms with van der Waals surface area (Å²) in [6.45, 7) is 0. The van der Waals surface area contributed by atoms with Crippen molar-refractivity contribution in [3.8, 4) is 47.7 Å². The molecule has 0 aromatic carbocycles. The molecule has 108 valence electrons. The Morgan fingerprint density at radius 1 is 0.714 bits per heavy atom. The average molecular weight is 280 g/mol. The number of hydrogen-bond acceptors (Lipinski definition) is 3. The number of aliphatic hydroxyl groups is 1. The second-order valence-corrected chi connectivity index (χ2v) is 4.46. The van der Waals surface area contributed by atoms with E-state index in [4.69, 9.17) is 15.6 Å². The second kappa shape index (κ2) is 15.7. The summed E-state index contributed by atoms with van der Waals surface area (Å²) < 4.78 is 0. The SMILES string of the molecule is N#CCCCCC#CC#CC#CCCCCCC(O)C#N. The van der Waals surface area contributed by atoms with Crippen molar-refractivity contribution < 1.29 is 5.11 Å². The summed E-state index contributed by atoms with van der Waals surface area (Å²) in [5.74, 6) is 16.7. The Hall–Kier alpha value is -2.38. The molecule has 3 heteroatoms. The zero-order valence-corrected chi connectivity index (χ0v) is 12.3.